The van der Waals surface area contributed by atoms with E-state index in [0.717, 1.165) is 19.3 Å². The minimum absolute atomic E-state index is 0.0638. The van der Waals surface area contributed by atoms with Crippen LogP contribution in [0.5, 0.6) is 5.75 Å². The van der Waals surface area contributed by atoms with Gasteiger partial charge >= 0.3 is 0 Å². The van der Waals surface area contributed by atoms with Crippen molar-refractivity contribution >= 4 is 11.8 Å². The smallest absolute Gasteiger partial charge is 0.132 e. The van der Waals surface area contributed by atoms with Crippen LogP contribution in [0.15, 0.2) is 47.8 Å². The van der Waals surface area contributed by atoms with E-state index in [-0.39, 0.29) is 16.6 Å². The maximum absolute atomic E-state index is 14.6. The number of halogens is 2. The van der Waals surface area contributed by atoms with Crippen LogP contribution >= 0.6 is 11.8 Å². The molecule has 1 fully saturated rings. The summed E-state index contributed by atoms with van der Waals surface area (Å²) in [4.78, 5) is 0. The van der Waals surface area contributed by atoms with Crippen LogP contribution in [0.3, 0.4) is 0 Å². The van der Waals surface area contributed by atoms with Crippen LogP contribution in [0, 0.1) is 5.82 Å². The van der Waals surface area contributed by atoms with Crippen molar-refractivity contribution in [2.75, 3.05) is 0 Å². The molecule has 7 heteroatoms. The van der Waals surface area contributed by atoms with Crippen LogP contribution < -0.4 is 0 Å². The molecule has 2 atom stereocenters. The van der Waals surface area contributed by atoms with Gasteiger partial charge in [0.05, 0.1) is 5.69 Å². The summed E-state index contributed by atoms with van der Waals surface area (Å²) < 4.78 is 30.5. The lowest BCUT2D eigenvalue weighted by Crippen LogP contribution is -2.23. The zero-order chi connectivity index (χ0) is 19.7. The molecule has 3 aromatic rings. The third kappa shape index (κ3) is 3.90. The van der Waals surface area contributed by atoms with E-state index in [0.29, 0.717) is 28.3 Å². The van der Waals surface area contributed by atoms with E-state index >= 15 is 0 Å². The molecule has 28 heavy (non-hydrogen) atoms. The number of hydrogen-bond donors (Lipinski definition) is 1. The van der Waals surface area contributed by atoms with E-state index in [1.54, 1.807) is 24.4 Å². The maximum Gasteiger partial charge on any atom is 0.132 e. The molecule has 2 aromatic heterocycles. The monoisotopic (exact) mass is 401 g/mol. The normalized spacial score (nSPS) is 19.7. The summed E-state index contributed by atoms with van der Waals surface area (Å²) in [5, 5.41) is 19.2. The summed E-state index contributed by atoms with van der Waals surface area (Å²) in [5.41, 5.74) is 1.67. The first-order chi connectivity index (χ1) is 13.5. The molecular weight excluding hydrogens is 380 g/mol. The van der Waals surface area contributed by atoms with Crippen molar-refractivity contribution in [3.63, 3.8) is 0 Å². The van der Waals surface area contributed by atoms with Gasteiger partial charge in [-0.2, -0.15) is 0 Å². The summed E-state index contributed by atoms with van der Waals surface area (Å²) in [6.07, 6.45) is 6.19. The molecule has 1 aliphatic carbocycles. The van der Waals surface area contributed by atoms with Crippen LogP contribution in [-0.4, -0.2) is 31.3 Å². The molecule has 0 aliphatic heterocycles. The lowest BCUT2D eigenvalue weighted by molar-refractivity contribution is 0.260. The highest BCUT2D eigenvalue weighted by Crippen LogP contribution is 2.37. The van der Waals surface area contributed by atoms with Gasteiger partial charge in [0.25, 0.3) is 0 Å². The minimum Gasteiger partial charge on any atom is -0.507 e. The molecule has 0 saturated heterocycles. The Morgan fingerprint density at radius 2 is 1.93 bits per heavy atom. The average Bonchev–Trinajstić information content (AvgIpc) is 3.12. The highest BCUT2D eigenvalue weighted by atomic mass is 32.2. The van der Waals surface area contributed by atoms with Gasteiger partial charge in [-0.25, -0.2) is 8.78 Å². The summed E-state index contributed by atoms with van der Waals surface area (Å²) in [6.45, 7) is 0. The summed E-state index contributed by atoms with van der Waals surface area (Å²) >= 11 is 1.40. The van der Waals surface area contributed by atoms with Crippen molar-refractivity contribution < 1.29 is 13.9 Å². The fraction of sp³-hybridized carbons (Fsp3) is 0.333. The fourth-order valence-corrected chi connectivity index (χ4v) is 4.63. The Morgan fingerprint density at radius 3 is 2.61 bits per heavy atom. The van der Waals surface area contributed by atoms with Gasteiger partial charge in [-0.05, 0) is 43.2 Å². The molecular formula is C21H21F2N3OS. The quantitative estimate of drug-likeness (QED) is 0.639. The number of phenolic OH excluding ortho intramolecular Hbond substituents is 1. The topological polar surface area (TPSA) is 50.9 Å². The van der Waals surface area contributed by atoms with Gasteiger partial charge in [-0.1, -0.05) is 24.6 Å². The van der Waals surface area contributed by atoms with Crippen LogP contribution in [0.4, 0.5) is 8.78 Å². The molecule has 2 heterocycles. The lowest BCUT2D eigenvalue weighted by atomic mass is 9.98. The van der Waals surface area contributed by atoms with E-state index < -0.39 is 12.0 Å². The molecule has 1 aliphatic rings. The number of aromatic hydroxyl groups is 1. The highest BCUT2D eigenvalue weighted by molar-refractivity contribution is 7.99. The number of benzene rings is 1. The van der Waals surface area contributed by atoms with Crippen molar-refractivity contribution in [1.82, 2.24) is 14.8 Å². The van der Waals surface area contributed by atoms with E-state index in [1.165, 1.54) is 23.9 Å². The third-order valence-electron chi connectivity index (χ3n) is 5.04. The van der Waals surface area contributed by atoms with Crippen molar-refractivity contribution in [3.8, 4) is 28.1 Å². The van der Waals surface area contributed by atoms with Gasteiger partial charge in [0.1, 0.15) is 22.8 Å². The highest BCUT2D eigenvalue weighted by Gasteiger charge is 2.26. The molecule has 1 saturated carbocycles. The fourth-order valence-electron chi connectivity index (χ4n) is 3.52. The Bertz CT molecular complexity index is 974. The zero-order valence-corrected chi connectivity index (χ0v) is 16.3. The Hall–Kier alpha value is -2.41. The molecule has 4 rings (SSSR count). The van der Waals surface area contributed by atoms with Gasteiger partial charge in [0.2, 0.25) is 0 Å². The van der Waals surface area contributed by atoms with Crippen molar-refractivity contribution in [3.05, 3.63) is 48.5 Å². The molecule has 146 valence electrons. The van der Waals surface area contributed by atoms with Gasteiger partial charge in [-0.3, -0.25) is 0 Å². The van der Waals surface area contributed by atoms with Gasteiger partial charge in [-0.15, -0.1) is 10.2 Å². The average molecular weight is 401 g/mol. The van der Waals surface area contributed by atoms with E-state index in [1.807, 2.05) is 17.8 Å². The van der Waals surface area contributed by atoms with Crippen molar-refractivity contribution in [2.24, 2.45) is 7.05 Å². The standard InChI is InChI=1S/C21H21F2N3OS/c1-26-9-8-13(12-26)14-11-19(27)15(10-17(14)23)18-6-7-21(25-24-18)28-20-5-3-2-4-16(20)22/h6-12,16,20,27H,2-5H2,1H3/t16-,20+/m0/s1. The van der Waals surface area contributed by atoms with E-state index in [9.17, 15) is 13.9 Å². The predicted molar refractivity (Wildman–Crippen MR) is 107 cm³/mol. The summed E-state index contributed by atoms with van der Waals surface area (Å²) in [7, 11) is 1.85. The second kappa shape index (κ2) is 7.91. The Balaban J connectivity index is 1.56. The first-order valence-electron chi connectivity index (χ1n) is 9.31. The Labute approximate surface area is 166 Å². The second-order valence-electron chi connectivity index (χ2n) is 7.13. The second-order valence-corrected chi connectivity index (χ2v) is 8.39. The molecule has 0 radical (unpaired) electrons. The van der Waals surface area contributed by atoms with Gasteiger partial charge in [0, 0.05) is 41.4 Å². The zero-order valence-electron chi connectivity index (χ0n) is 15.5. The number of aromatic nitrogens is 3. The Kier molecular flexibility index (Phi) is 5.35. The summed E-state index contributed by atoms with van der Waals surface area (Å²) in [6, 6.07) is 7.89. The number of nitrogens with zero attached hydrogens (tertiary/aromatic N) is 3. The number of hydrogen-bond acceptors (Lipinski definition) is 4. The first-order valence-corrected chi connectivity index (χ1v) is 10.2. The Morgan fingerprint density at radius 1 is 1.11 bits per heavy atom. The maximum atomic E-state index is 14.6. The van der Waals surface area contributed by atoms with Crippen molar-refractivity contribution in [1.29, 1.82) is 0 Å². The third-order valence-corrected chi connectivity index (χ3v) is 6.33. The molecule has 0 bridgehead atoms. The van der Waals surface area contributed by atoms with Gasteiger partial charge < -0.3 is 9.67 Å². The SMILES string of the molecule is Cn1ccc(-c2cc(O)c(-c3ccc(S[C@@H]4CCCC[C@@H]4F)nn3)cc2F)c1. The number of rotatable bonds is 4. The first kappa shape index (κ1) is 18.9. The van der Waals surface area contributed by atoms with Crippen LogP contribution in [0.2, 0.25) is 0 Å². The summed E-state index contributed by atoms with van der Waals surface area (Å²) in [5.74, 6) is -0.507. The number of thioether (sulfide) groups is 1. The van der Waals surface area contributed by atoms with Crippen LogP contribution in [-0.2, 0) is 7.05 Å². The van der Waals surface area contributed by atoms with Gasteiger partial charge in [0.15, 0.2) is 0 Å². The molecule has 1 N–H and O–H groups in total. The largest absolute Gasteiger partial charge is 0.507 e. The van der Waals surface area contributed by atoms with Crippen molar-refractivity contribution in [2.45, 2.75) is 42.1 Å². The van der Waals surface area contributed by atoms with E-state index in [2.05, 4.69) is 10.2 Å². The number of alkyl halides is 1. The molecule has 0 amide bonds. The lowest BCUT2D eigenvalue weighted by Gasteiger charge is -2.24. The molecule has 0 spiro atoms. The van der Waals surface area contributed by atoms with Crippen LogP contribution in [0.25, 0.3) is 22.4 Å². The predicted octanol–water partition coefficient (Wildman–Crippen LogP) is 5.37. The van der Waals surface area contributed by atoms with E-state index in [4.69, 9.17) is 0 Å². The van der Waals surface area contributed by atoms with Crippen LogP contribution in [0.1, 0.15) is 25.7 Å². The number of phenols is 1. The molecule has 0 unspecified atom stereocenters. The number of aryl methyl sites for hydroxylation is 1. The minimum atomic E-state index is -0.816. The molecule has 4 nitrogen and oxygen atoms in total. The molecule has 1 aromatic carbocycles.